The number of esters is 1. The highest BCUT2D eigenvalue weighted by Gasteiger charge is 2.11. The molecule has 2 aromatic heterocycles. The predicted molar refractivity (Wildman–Crippen MR) is 95.4 cm³/mol. The number of benzene rings is 1. The van der Waals surface area contributed by atoms with Gasteiger partial charge in [0.05, 0.1) is 7.11 Å². The van der Waals surface area contributed by atoms with Crippen molar-refractivity contribution in [3.05, 3.63) is 41.6 Å². The first-order valence-corrected chi connectivity index (χ1v) is 8.19. The number of anilines is 1. The Morgan fingerprint density at radius 1 is 1.20 bits per heavy atom. The average Bonchev–Trinajstić information content (AvgIpc) is 3.02. The van der Waals surface area contributed by atoms with Crippen molar-refractivity contribution in [2.24, 2.45) is 0 Å². The molecule has 25 heavy (non-hydrogen) atoms. The highest BCUT2D eigenvalue weighted by molar-refractivity contribution is 5.69. The predicted octanol–water partition coefficient (Wildman–Crippen LogP) is 2.77. The second-order valence-electron chi connectivity index (χ2n) is 5.90. The molecule has 0 saturated heterocycles. The quantitative estimate of drug-likeness (QED) is 0.549. The van der Waals surface area contributed by atoms with Gasteiger partial charge in [-0.25, -0.2) is 4.98 Å². The van der Waals surface area contributed by atoms with E-state index in [-0.39, 0.29) is 5.97 Å². The molecule has 0 radical (unpaired) electrons. The molecule has 0 amide bonds. The van der Waals surface area contributed by atoms with Crippen molar-refractivity contribution >= 4 is 17.6 Å². The number of aryl methyl sites for hydroxylation is 2. The molecular formula is C18H21N5O2. The lowest BCUT2D eigenvalue weighted by Crippen LogP contribution is -2.10. The topological polar surface area (TPSA) is 81.4 Å². The van der Waals surface area contributed by atoms with Gasteiger partial charge in [-0.05, 0) is 20.3 Å². The maximum Gasteiger partial charge on any atom is 0.305 e. The van der Waals surface area contributed by atoms with E-state index in [1.165, 1.54) is 12.7 Å². The summed E-state index contributed by atoms with van der Waals surface area (Å²) in [6.07, 6.45) is 1.05. The molecule has 2 heterocycles. The van der Waals surface area contributed by atoms with Crippen molar-refractivity contribution in [2.45, 2.75) is 26.7 Å². The molecule has 130 valence electrons. The lowest BCUT2D eigenvalue weighted by molar-refractivity contribution is -0.140. The molecule has 0 unspecified atom stereocenters. The van der Waals surface area contributed by atoms with E-state index in [1.807, 2.05) is 44.2 Å². The normalized spacial score (nSPS) is 10.8. The van der Waals surface area contributed by atoms with Crippen LogP contribution < -0.4 is 5.32 Å². The number of ether oxygens (including phenoxy) is 1. The Bertz CT molecular complexity index is 886. The van der Waals surface area contributed by atoms with Crippen LogP contribution in [0.1, 0.15) is 24.1 Å². The minimum Gasteiger partial charge on any atom is -0.469 e. The van der Waals surface area contributed by atoms with Gasteiger partial charge in [0.2, 0.25) is 0 Å². The van der Waals surface area contributed by atoms with Crippen molar-refractivity contribution < 1.29 is 9.53 Å². The molecule has 0 aliphatic rings. The number of nitrogens with zero attached hydrogens (tertiary/aromatic N) is 4. The van der Waals surface area contributed by atoms with Crippen LogP contribution in [0.15, 0.2) is 30.3 Å². The standard InChI is InChI=1S/C18H21N5O2/c1-12-6-8-14(9-7-12)17-21-18-20-13(2)11-15(23(18)22-17)19-10-4-5-16(24)25-3/h6-9,11,19H,4-5,10H2,1-3H3. The van der Waals surface area contributed by atoms with Crippen LogP contribution in [0.2, 0.25) is 0 Å². The van der Waals surface area contributed by atoms with E-state index in [9.17, 15) is 4.79 Å². The molecule has 7 nitrogen and oxygen atoms in total. The van der Waals surface area contributed by atoms with Crippen LogP contribution in [0.3, 0.4) is 0 Å². The van der Waals surface area contributed by atoms with Gasteiger partial charge in [-0.15, -0.1) is 5.10 Å². The van der Waals surface area contributed by atoms with Crippen LogP contribution in [0.5, 0.6) is 0 Å². The van der Waals surface area contributed by atoms with Crippen LogP contribution in [-0.4, -0.2) is 39.2 Å². The first kappa shape index (κ1) is 16.9. The first-order chi connectivity index (χ1) is 12.1. The Kier molecular flexibility index (Phi) is 4.92. The van der Waals surface area contributed by atoms with E-state index in [1.54, 1.807) is 4.52 Å². The minimum atomic E-state index is -0.208. The Morgan fingerprint density at radius 3 is 2.68 bits per heavy atom. The Morgan fingerprint density at radius 2 is 1.96 bits per heavy atom. The number of fused-ring (bicyclic) bond motifs is 1. The summed E-state index contributed by atoms with van der Waals surface area (Å²) in [5.41, 5.74) is 2.99. The van der Waals surface area contributed by atoms with Crippen LogP contribution in [0, 0.1) is 13.8 Å². The molecule has 0 bridgehead atoms. The van der Waals surface area contributed by atoms with Crippen LogP contribution >= 0.6 is 0 Å². The summed E-state index contributed by atoms with van der Waals surface area (Å²) < 4.78 is 6.34. The van der Waals surface area contributed by atoms with Gasteiger partial charge < -0.3 is 10.1 Å². The smallest absolute Gasteiger partial charge is 0.305 e. The SMILES string of the molecule is COC(=O)CCCNc1cc(C)nc2nc(-c3ccc(C)cc3)nn12. The summed E-state index contributed by atoms with van der Waals surface area (Å²) in [7, 11) is 1.40. The number of carbonyl (C=O) groups excluding carboxylic acids is 1. The second-order valence-corrected chi connectivity index (χ2v) is 5.90. The molecule has 0 saturated carbocycles. The van der Waals surface area contributed by atoms with Crippen molar-refractivity contribution in [3.8, 4) is 11.4 Å². The second kappa shape index (κ2) is 7.29. The third kappa shape index (κ3) is 3.93. The monoisotopic (exact) mass is 339 g/mol. The number of methoxy groups -OCH3 is 1. The summed E-state index contributed by atoms with van der Waals surface area (Å²) in [6.45, 7) is 4.59. The van der Waals surface area contributed by atoms with Gasteiger partial charge in [0.25, 0.3) is 5.78 Å². The zero-order chi connectivity index (χ0) is 17.8. The van der Waals surface area contributed by atoms with Crippen molar-refractivity contribution in [2.75, 3.05) is 19.0 Å². The molecule has 0 aliphatic carbocycles. The lowest BCUT2D eigenvalue weighted by atomic mass is 10.1. The fraction of sp³-hybridized carbons (Fsp3) is 0.333. The molecule has 0 atom stereocenters. The zero-order valence-electron chi connectivity index (χ0n) is 14.6. The van der Waals surface area contributed by atoms with E-state index < -0.39 is 0 Å². The number of hydrogen-bond donors (Lipinski definition) is 1. The zero-order valence-corrected chi connectivity index (χ0v) is 14.6. The average molecular weight is 339 g/mol. The minimum absolute atomic E-state index is 0.208. The maximum atomic E-state index is 11.2. The molecule has 7 heteroatoms. The number of rotatable bonds is 6. The van der Waals surface area contributed by atoms with E-state index in [4.69, 9.17) is 0 Å². The highest BCUT2D eigenvalue weighted by atomic mass is 16.5. The molecule has 0 aliphatic heterocycles. The van der Waals surface area contributed by atoms with Crippen molar-refractivity contribution in [3.63, 3.8) is 0 Å². The summed E-state index contributed by atoms with van der Waals surface area (Å²) >= 11 is 0. The molecule has 3 rings (SSSR count). The van der Waals surface area contributed by atoms with E-state index in [0.717, 1.165) is 17.1 Å². The van der Waals surface area contributed by atoms with E-state index >= 15 is 0 Å². The fourth-order valence-corrected chi connectivity index (χ4v) is 2.49. The summed E-state index contributed by atoms with van der Waals surface area (Å²) in [5, 5.41) is 7.87. The molecular weight excluding hydrogens is 318 g/mol. The van der Waals surface area contributed by atoms with Gasteiger partial charge in [-0.3, -0.25) is 4.79 Å². The summed E-state index contributed by atoms with van der Waals surface area (Å²) in [6, 6.07) is 9.98. The Hall–Kier alpha value is -2.96. The Labute approximate surface area is 146 Å². The van der Waals surface area contributed by atoms with Gasteiger partial charge in [0, 0.05) is 30.3 Å². The van der Waals surface area contributed by atoms with Crippen LogP contribution in [0.4, 0.5) is 5.82 Å². The molecule has 0 fully saturated rings. The lowest BCUT2D eigenvalue weighted by Gasteiger charge is -2.08. The Balaban J connectivity index is 1.83. The van der Waals surface area contributed by atoms with Crippen molar-refractivity contribution in [1.82, 2.24) is 19.6 Å². The number of hydrogen-bond acceptors (Lipinski definition) is 6. The van der Waals surface area contributed by atoms with Crippen LogP contribution in [-0.2, 0) is 9.53 Å². The molecule has 0 spiro atoms. The summed E-state index contributed by atoms with van der Waals surface area (Å²) in [5.74, 6) is 1.78. The van der Waals surface area contributed by atoms with Gasteiger partial charge >= 0.3 is 5.97 Å². The third-order valence-electron chi connectivity index (χ3n) is 3.84. The van der Waals surface area contributed by atoms with Gasteiger partial charge in [-0.1, -0.05) is 29.8 Å². The van der Waals surface area contributed by atoms with E-state index in [0.29, 0.717) is 31.0 Å². The van der Waals surface area contributed by atoms with Gasteiger partial charge in [-0.2, -0.15) is 9.50 Å². The largest absolute Gasteiger partial charge is 0.469 e. The molecule has 3 aromatic rings. The first-order valence-electron chi connectivity index (χ1n) is 8.19. The molecule has 1 N–H and O–H groups in total. The van der Waals surface area contributed by atoms with Gasteiger partial charge in [0.15, 0.2) is 5.82 Å². The van der Waals surface area contributed by atoms with Gasteiger partial charge in [0.1, 0.15) is 5.82 Å². The maximum absolute atomic E-state index is 11.2. The highest BCUT2D eigenvalue weighted by Crippen LogP contribution is 2.19. The number of carbonyl (C=O) groups is 1. The number of nitrogens with one attached hydrogen (secondary N) is 1. The van der Waals surface area contributed by atoms with Crippen LogP contribution in [0.25, 0.3) is 17.2 Å². The number of aromatic nitrogens is 4. The fourth-order valence-electron chi connectivity index (χ4n) is 2.49. The molecule has 1 aromatic carbocycles. The van der Waals surface area contributed by atoms with Crippen molar-refractivity contribution in [1.29, 1.82) is 0 Å². The summed E-state index contributed by atoms with van der Waals surface area (Å²) in [4.78, 5) is 20.2. The third-order valence-corrected chi connectivity index (χ3v) is 3.84. The van der Waals surface area contributed by atoms with E-state index in [2.05, 4.69) is 25.1 Å².